The van der Waals surface area contributed by atoms with Crippen LogP contribution in [-0.2, 0) is 16.6 Å². The van der Waals surface area contributed by atoms with Gasteiger partial charge in [-0.1, -0.05) is 10.3 Å². The first-order chi connectivity index (χ1) is 15.3. The highest BCUT2D eigenvalue weighted by molar-refractivity contribution is 7.89. The highest BCUT2D eigenvalue weighted by Crippen LogP contribution is 2.33. The molecule has 0 aliphatic heterocycles. The van der Waals surface area contributed by atoms with Gasteiger partial charge in [0.2, 0.25) is 0 Å². The molecule has 2 aromatic heterocycles. The molecule has 0 fully saturated rings. The summed E-state index contributed by atoms with van der Waals surface area (Å²) in [7, 11) is -2.58. The topological polar surface area (TPSA) is 171 Å². The monoisotopic (exact) mass is 461 g/mol. The fraction of sp³-hybridized carbons (Fsp3) is 0.222. The molecular weight excluding hydrogens is 442 g/mol. The van der Waals surface area contributed by atoms with E-state index < -0.39 is 32.3 Å². The van der Waals surface area contributed by atoms with Gasteiger partial charge in [0, 0.05) is 37.6 Å². The minimum absolute atomic E-state index is 0.0347. The number of anilines is 1. The van der Waals surface area contributed by atoms with Crippen LogP contribution in [0.15, 0.2) is 49.1 Å². The lowest BCUT2D eigenvalue weighted by atomic mass is 10.1. The summed E-state index contributed by atoms with van der Waals surface area (Å²) < 4.78 is 29.9. The standard InChI is InChI=1S/C18H19N7O6S/c1-31-17-10-15(21-12-13-3-2-4-19-11-13)14(9-16(17)24(27)28)18(26)20-7-8-32(29,30)25-22-5-6-23-25/h2-6,9-11,21H,7-8,12H2,1H3,(H,20,26). The number of hydrogen-bond acceptors (Lipinski definition) is 10. The highest BCUT2D eigenvalue weighted by Gasteiger charge is 2.23. The van der Waals surface area contributed by atoms with Gasteiger partial charge in [0.15, 0.2) is 5.75 Å². The molecule has 0 spiro atoms. The summed E-state index contributed by atoms with van der Waals surface area (Å²) >= 11 is 0. The van der Waals surface area contributed by atoms with Gasteiger partial charge in [0.1, 0.15) is 0 Å². The Morgan fingerprint density at radius 3 is 2.62 bits per heavy atom. The number of nitro groups is 1. The van der Waals surface area contributed by atoms with Crippen LogP contribution in [0.1, 0.15) is 15.9 Å². The Morgan fingerprint density at radius 2 is 2.00 bits per heavy atom. The van der Waals surface area contributed by atoms with E-state index in [4.69, 9.17) is 4.74 Å². The van der Waals surface area contributed by atoms with E-state index >= 15 is 0 Å². The van der Waals surface area contributed by atoms with Gasteiger partial charge in [-0.05, 0) is 11.6 Å². The van der Waals surface area contributed by atoms with Crippen molar-refractivity contribution in [2.24, 2.45) is 0 Å². The lowest BCUT2D eigenvalue weighted by Crippen LogP contribution is -2.32. The number of nitrogens with zero attached hydrogens (tertiary/aromatic N) is 5. The fourth-order valence-electron chi connectivity index (χ4n) is 2.73. The van der Waals surface area contributed by atoms with Crippen LogP contribution in [0.2, 0.25) is 0 Å². The summed E-state index contributed by atoms with van der Waals surface area (Å²) in [4.78, 5) is 27.5. The fourth-order valence-corrected chi connectivity index (χ4v) is 3.65. The summed E-state index contributed by atoms with van der Waals surface area (Å²) in [5.74, 6) is -1.20. The number of ether oxygens (including phenoxy) is 1. The molecule has 32 heavy (non-hydrogen) atoms. The van der Waals surface area contributed by atoms with Gasteiger partial charge < -0.3 is 15.4 Å². The number of aromatic nitrogens is 4. The third-order valence-corrected chi connectivity index (χ3v) is 5.66. The molecule has 0 atom stereocenters. The molecule has 0 aliphatic rings. The van der Waals surface area contributed by atoms with Crippen LogP contribution >= 0.6 is 0 Å². The van der Waals surface area contributed by atoms with E-state index in [0.717, 1.165) is 11.6 Å². The van der Waals surface area contributed by atoms with Crippen molar-refractivity contribution in [2.75, 3.05) is 24.7 Å². The number of methoxy groups -OCH3 is 1. The zero-order valence-corrected chi connectivity index (χ0v) is 17.7. The molecule has 14 heteroatoms. The summed E-state index contributed by atoms with van der Waals surface area (Å²) in [5.41, 5.74) is 0.633. The Morgan fingerprint density at radius 1 is 1.25 bits per heavy atom. The SMILES string of the molecule is COc1cc(NCc2cccnc2)c(C(=O)NCCS(=O)(=O)n2nccn2)cc1[N+](=O)[O-]. The molecule has 13 nitrogen and oxygen atoms in total. The number of nitrogens with one attached hydrogen (secondary N) is 2. The Labute approximate surface area is 182 Å². The Kier molecular flexibility index (Phi) is 6.94. The van der Waals surface area contributed by atoms with Gasteiger partial charge in [-0.25, -0.2) is 8.42 Å². The number of benzene rings is 1. The van der Waals surface area contributed by atoms with Gasteiger partial charge in [0.25, 0.3) is 15.9 Å². The van der Waals surface area contributed by atoms with Gasteiger partial charge in [-0.3, -0.25) is 19.9 Å². The van der Waals surface area contributed by atoms with Crippen molar-refractivity contribution in [3.05, 3.63) is 70.3 Å². The maximum atomic E-state index is 12.8. The molecule has 0 saturated heterocycles. The zero-order chi connectivity index (χ0) is 23.1. The molecule has 0 saturated carbocycles. The average Bonchev–Trinajstić information content (AvgIpc) is 3.33. The summed E-state index contributed by atoms with van der Waals surface area (Å²) in [5, 5.41) is 24.0. The van der Waals surface area contributed by atoms with E-state index in [0.29, 0.717) is 4.20 Å². The minimum Gasteiger partial charge on any atom is -0.490 e. The minimum atomic E-state index is -3.85. The number of amides is 1. The smallest absolute Gasteiger partial charge is 0.311 e. The van der Waals surface area contributed by atoms with Crippen LogP contribution in [0.5, 0.6) is 5.75 Å². The quantitative estimate of drug-likeness (QED) is 0.325. The van der Waals surface area contributed by atoms with Crippen LogP contribution in [0.4, 0.5) is 11.4 Å². The van der Waals surface area contributed by atoms with Crippen molar-refractivity contribution in [3.8, 4) is 5.75 Å². The third kappa shape index (κ3) is 5.34. The predicted octanol–water partition coefficient (Wildman–Crippen LogP) is 0.810. The summed E-state index contributed by atoms with van der Waals surface area (Å²) in [6, 6.07) is 5.98. The molecule has 1 aromatic carbocycles. The van der Waals surface area contributed by atoms with Gasteiger partial charge in [0.05, 0.1) is 41.4 Å². The number of pyridine rings is 1. The first-order valence-corrected chi connectivity index (χ1v) is 10.8. The van der Waals surface area contributed by atoms with E-state index in [1.807, 2.05) is 6.07 Å². The van der Waals surface area contributed by atoms with Crippen LogP contribution in [0, 0.1) is 10.1 Å². The van der Waals surface area contributed by atoms with Gasteiger partial charge in [-0.2, -0.15) is 0 Å². The molecule has 3 rings (SSSR count). The lowest BCUT2D eigenvalue weighted by molar-refractivity contribution is -0.385. The van der Waals surface area contributed by atoms with Crippen molar-refractivity contribution in [1.29, 1.82) is 0 Å². The maximum absolute atomic E-state index is 12.8. The Hall–Kier alpha value is -4.07. The van der Waals surface area contributed by atoms with Crippen molar-refractivity contribution in [1.82, 2.24) is 24.7 Å². The van der Waals surface area contributed by atoms with Crippen molar-refractivity contribution >= 4 is 27.3 Å². The maximum Gasteiger partial charge on any atom is 0.311 e. The van der Waals surface area contributed by atoms with Crippen molar-refractivity contribution in [3.63, 3.8) is 0 Å². The summed E-state index contributed by atoms with van der Waals surface area (Å²) in [6.45, 7) is 0.0268. The number of rotatable bonds is 10. The van der Waals surface area contributed by atoms with Crippen LogP contribution in [0.25, 0.3) is 0 Å². The zero-order valence-electron chi connectivity index (χ0n) is 16.8. The molecule has 1 amide bonds. The van der Waals surface area contributed by atoms with Gasteiger partial charge in [-0.15, -0.1) is 10.2 Å². The second kappa shape index (κ2) is 9.82. The second-order valence-electron chi connectivity index (χ2n) is 6.37. The van der Waals surface area contributed by atoms with Crippen LogP contribution < -0.4 is 15.4 Å². The number of carbonyl (C=O) groups is 1. The van der Waals surface area contributed by atoms with E-state index in [9.17, 15) is 23.3 Å². The van der Waals surface area contributed by atoms with Gasteiger partial charge >= 0.3 is 5.69 Å². The predicted molar refractivity (Wildman–Crippen MR) is 113 cm³/mol. The molecule has 168 valence electrons. The number of nitro benzene ring substituents is 1. The molecule has 3 aromatic rings. The van der Waals surface area contributed by atoms with E-state index in [-0.39, 0.29) is 30.1 Å². The third-order valence-electron chi connectivity index (χ3n) is 4.26. The first-order valence-electron chi connectivity index (χ1n) is 9.19. The molecule has 2 N–H and O–H groups in total. The Balaban J connectivity index is 1.80. The lowest BCUT2D eigenvalue weighted by Gasteiger charge is -2.14. The molecule has 0 bridgehead atoms. The molecule has 2 heterocycles. The van der Waals surface area contributed by atoms with E-state index in [1.54, 1.807) is 18.5 Å². The van der Waals surface area contributed by atoms with E-state index in [1.165, 1.54) is 25.6 Å². The van der Waals surface area contributed by atoms with Crippen LogP contribution in [0.3, 0.4) is 0 Å². The van der Waals surface area contributed by atoms with Crippen molar-refractivity contribution < 1.29 is 22.9 Å². The molecular formula is C18H19N7O6S. The highest BCUT2D eigenvalue weighted by atomic mass is 32.2. The first kappa shape index (κ1) is 22.6. The van der Waals surface area contributed by atoms with Crippen LogP contribution in [-0.4, -0.2) is 58.0 Å². The molecule has 0 unspecified atom stereocenters. The number of carbonyl (C=O) groups excluding carboxylic acids is 1. The molecule has 0 radical (unpaired) electrons. The average molecular weight is 461 g/mol. The second-order valence-corrected chi connectivity index (χ2v) is 8.26. The normalized spacial score (nSPS) is 11.0. The Bertz CT molecular complexity index is 1200. The molecule has 0 aliphatic carbocycles. The summed E-state index contributed by atoms with van der Waals surface area (Å²) in [6.07, 6.45) is 5.67. The largest absolute Gasteiger partial charge is 0.490 e. The van der Waals surface area contributed by atoms with E-state index in [2.05, 4.69) is 25.8 Å². The number of hydrogen-bond donors (Lipinski definition) is 2. The van der Waals surface area contributed by atoms with Crippen molar-refractivity contribution in [2.45, 2.75) is 6.54 Å².